The highest BCUT2D eigenvalue weighted by molar-refractivity contribution is 6.04. The Balaban J connectivity index is 1.91. The summed E-state index contributed by atoms with van der Waals surface area (Å²) in [6, 6.07) is 7.08. The Labute approximate surface area is 155 Å². The summed E-state index contributed by atoms with van der Waals surface area (Å²) in [6.07, 6.45) is 0. The summed E-state index contributed by atoms with van der Waals surface area (Å²) in [4.78, 5) is 32.2. The summed E-state index contributed by atoms with van der Waals surface area (Å²) >= 11 is 0. The maximum Gasteiger partial charge on any atom is 0.264 e. The molecule has 2 heterocycles. The van der Waals surface area contributed by atoms with Gasteiger partial charge in [0, 0.05) is 23.7 Å². The smallest absolute Gasteiger partial charge is 0.264 e. The van der Waals surface area contributed by atoms with E-state index in [-0.39, 0.29) is 11.0 Å². The van der Waals surface area contributed by atoms with Crippen molar-refractivity contribution in [1.82, 2.24) is 30.2 Å². The number of nitrogens with zero attached hydrogens (tertiary/aromatic N) is 5. The number of aryl methyl sites for hydroxylation is 2. The second-order valence-electron chi connectivity index (χ2n) is 7.29. The monoisotopic (exact) mass is 367 g/mol. The van der Waals surface area contributed by atoms with Crippen LogP contribution in [0.15, 0.2) is 29.1 Å². The van der Waals surface area contributed by atoms with Crippen LogP contribution in [0.1, 0.15) is 42.6 Å². The van der Waals surface area contributed by atoms with E-state index in [2.05, 4.69) is 30.8 Å². The Morgan fingerprint density at radius 1 is 1.26 bits per heavy atom. The van der Waals surface area contributed by atoms with Crippen LogP contribution in [0.25, 0.3) is 11.4 Å². The number of hydrogen-bond acceptors (Lipinski definition) is 6. The molecule has 2 aromatic heterocycles. The van der Waals surface area contributed by atoms with Gasteiger partial charge in [0.05, 0.1) is 5.69 Å². The van der Waals surface area contributed by atoms with Crippen molar-refractivity contribution in [3.63, 3.8) is 0 Å². The number of carbonyl (C=O) groups is 1. The number of anilines is 1. The van der Waals surface area contributed by atoms with Crippen molar-refractivity contribution in [3.8, 4) is 11.4 Å². The lowest BCUT2D eigenvalue weighted by molar-refractivity contribution is 0.102. The Kier molecular flexibility index (Phi) is 4.61. The number of aromatic amines is 1. The predicted molar refractivity (Wildman–Crippen MR) is 100 cm³/mol. The molecule has 0 aliphatic carbocycles. The molecule has 1 aromatic carbocycles. The zero-order valence-corrected chi connectivity index (χ0v) is 15.9. The highest BCUT2D eigenvalue weighted by atomic mass is 16.2. The van der Waals surface area contributed by atoms with E-state index in [1.54, 1.807) is 32.2 Å². The highest BCUT2D eigenvalue weighted by Crippen LogP contribution is 2.21. The van der Waals surface area contributed by atoms with E-state index in [9.17, 15) is 9.59 Å². The largest absolute Gasteiger partial charge is 0.322 e. The van der Waals surface area contributed by atoms with Crippen molar-refractivity contribution in [1.29, 1.82) is 0 Å². The zero-order chi connectivity index (χ0) is 19.8. The van der Waals surface area contributed by atoms with Crippen molar-refractivity contribution < 1.29 is 4.79 Å². The van der Waals surface area contributed by atoms with E-state index in [4.69, 9.17) is 0 Å². The van der Waals surface area contributed by atoms with Crippen LogP contribution in [0.3, 0.4) is 0 Å². The Hall–Kier alpha value is -3.36. The third-order valence-corrected chi connectivity index (χ3v) is 4.04. The van der Waals surface area contributed by atoms with Crippen LogP contribution in [0, 0.1) is 6.92 Å². The number of hydrogen-bond donors (Lipinski definition) is 2. The molecule has 2 N–H and O–H groups in total. The number of rotatable bonds is 3. The molecule has 0 saturated heterocycles. The Bertz CT molecular complexity index is 1060. The van der Waals surface area contributed by atoms with Gasteiger partial charge in [-0.25, -0.2) is 9.67 Å². The van der Waals surface area contributed by atoms with Crippen molar-refractivity contribution in [2.45, 2.75) is 33.1 Å². The molecule has 3 rings (SSSR count). The summed E-state index contributed by atoms with van der Waals surface area (Å²) < 4.78 is 1.53. The predicted octanol–water partition coefficient (Wildman–Crippen LogP) is 1.82. The standard InChI is InChI=1S/C18H21N7O2/c1-10-13(16(27)21-17(19-10)18(2,3)4)15(26)20-12-8-6-7-11(9-12)14-22-23-24-25(14)5/h6-9H,1-5H3,(H,20,26)(H,19,21,27). The summed E-state index contributed by atoms with van der Waals surface area (Å²) in [5, 5.41) is 14.1. The zero-order valence-electron chi connectivity index (χ0n) is 15.9. The summed E-state index contributed by atoms with van der Waals surface area (Å²) in [5.74, 6) is 0.588. The quantitative estimate of drug-likeness (QED) is 0.729. The lowest BCUT2D eigenvalue weighted by Crippen LogP contribution is -2.30. The molecule has 9 nitrogen and oxygen atoms in total. The molecule has 0 aliphatic heterocycles. The van der Waals surface area contributed by atoms with Gasteiger partial charge in [-0.1, -0.05) is 32.9 Å². The van der Waals surface area contributed by atoms with Crippen LogP contribution < -0.4 is 10.9 Å². The minimum absolute atomic E-state index is 0.00581. The van der Waals surface area contributed by atoms with E-state index in [0.717, 1.165) is 5.56 Å². The number of nitrogens with one attached hydrogen (secondary N) is 2. The van der Waals surface area contributed by atoms with Gasteiger partial charge in [-0.15, -0.1) is 5.10 Å². The fraction of sp³-hybridized carbons (Fsp3) is 0.333. The molecule has 140 valence electrons. The Morgan fingerprint density at radius 3 is 2.59 bits per heavy atom. The van der Waals surface area contributed by atoms with Crippen LogP contribution in [0.5, 0.6) is 0 Å². The van der Waals surface area contributed by atoms with Crippen molar-refractivity contribution in [2.75, 3.05) is 5.32 Å². The normalized spacial score (nSPS) is 11.4. The van der Waals surface area contributed by atoms with Gasteiger partial charge in [0.15, 0.2) is 5.82 Å². The van der Waals surface area contributed by atoms with Crippen molar-refractivity contribution in [3.05, 3.63) is 51.7 Å². The van der Waals surface area contributed by atoms with E-state index in [0.29, 0.717) is 23.0 Å². The number of tetrazole rings is 1. The van der Waals surface area contributed by atoms with Gasteiger partial charge in [0.2, 0.25) is 0 Å². The average Bonchev–Trinajstić information content (AvgIpc) is 2.99. The molecule has 0 unspecified atom stereocenters. The van der Waals surface area contributed by atoms with Crippen LogP contribution in [-0.2, 0) is 12.5 Å². The van der Waals surface area contributed by atoms with Gasteiger partial charge >= 0.3 is 0 Å². The molecule has 0 saturated carbocycles. The van der Waals surface area contributed by atoms with Gasteiger partial charge in [0.25, 0.3) is 11.5 Å². The molecule has 0 atom stereocenters. The molecular formula is C18H21N7O2. The molecule has 3 aromatic rings. The maximum atomic E-state index is 12.7. The summed E-state index contributed by atoms with van der Waals surface area (Å²) in [6.45, 7) is 7.48. The summed E-state index contributed by atoms with van der Waals surface area (Å²) in [5.41, 5.74) is 0.866. The first-order valence-corrected chi connectivity index (χ1v) is 8.42. The molecule has 0 aliphatic rings. The molecule has 0 radical (unpaired) electrons. The van der Waals surface area contributed by atoms with E-state index < -0.39 is 11.5 Å². The summed E-state index contributed by atoms with van der Waals surface area (Å²) in [7, 11) is 1.73. The van der Waals surface area contributed by atoms with Crippen LogP contribution in [-0.4, -0.2) is 36.1 Å². The van der Waals surface area contributed by atoms with Gasteiger partial charge in [-0.2, -0.15) is 0 Å². The average molecular weight is 367 g/mol. The maximum absolute atomic E-state index is 12.7. The topological polar surface area (TPSA) is 118 Å². The highest BCUT2D eigenvalue weighted by Gasteiger charge is 2.22. The number of benzene rings is 1. The fourth-order valence-corrected chi connectivity index (χ4v) is 2.61. The minimum atomic E-state index is -0.519. The molecule has 9 heteroatoms. The number of amides is 1. The first-order chi connectivity index (χ1) is 12.7. The lowest BCUT2D eigenvalue weighted by atomic mass is 9.95. The second-order valence-corrected chi connectivity index (χ2v) is 7.29. The SMILES string of the molecule is Cc1nc(C(C)(C)C)[nH]c(=O)c1C(=O)Nc1cccc(-c2nnnn2C)c1. The molecule has 0 bridgehead atoms. The molecular weight excluding hydrogens is 346 g/mol. The third-order valence-electron chi connectivity index (χ3n) is 4.04. The van der Waals surface area contributed by atoms with E-state index >= 15 is 0 Å². The third kappa shape index (κ3) is 3.76. The number of H-pyrrole nitrogens is 1. The van der Waals surface area contributed by atoms with Crippen molar-refractivity contribution >= 4 is 11.6 Å². The second kappa shape index (κ2) is 6.75. The number of aromatic nitrogens is 6. The van der Waals surface area contributed by atoms with Crippen LogP contribution in [0.2, 0.25) is 0 Å². The lowest BCUT2D eigenvalue weighted by Gasteiger charge is -2.18. The van der Waals surface area contributed by atoms with Gasteiger partial charge in [-0.3, -0.25) is 9.59 Å². The first-order valence-electron chi connectivity index (χ1n) is 8.42. The molecule has 0 spiro atoms. The Morgan fingerprint density at radius 2 is 2.00 bits per heavy atom. The first kappa shape index (κ1) is 18.4. The number of carbonyl (C=O) groups excluding carboxylic acids is 1. The molecule has 1 amide bonds. The van der Waals surface area contributed by atoms with E-state index in [1.807, 2.05) is 26.8 Å². The van der Waals surface area contributed by atoms with Crippen LogP contribution >= 0.6 is 0 Å². The van der Waals surface area contributed by atoms with E-state index in [1.165, 1.54) is 4.68 Å². The van der Waals surface area contributed by atoms with Gasteiger partial charge in [-0.05, 0) is 29.5 Å². The van der Waals surface area contributed by atoms with Crippen molar-refractivity contribution in [2.24, 2.45) is 7.05 Å². The fourth-order valence-electron chi connectivity index (χ4n) is 2.61. The van der Waals surface area contributed by atoms with Gasteiger partial charge in [0.1, 0.15) is 11.4 Å². The van der Waals surface area contributed by atoms with Crippen LogP contribution in [0.4, 0.5) is 5.69 Å². The molecule has 27 heavy (non-hydrogen) atoms. The molecule has 0 fully saturated rings. The minimum Gasteiger partial charge on any atom is -0.322 e. The van der Waals surface area contributed by atoms with Gasteiger partial charge < -0.3 is 10.3 Å².